The monoisotopic (exact) mass is 215 g/mol. The predicted octanol–water partition coefficient (Wildman–Crippen LogP) is 3.29. The summed E-state index contributed by atoms with van der Waals surface area (Å²) in [7, 11) is 0. The maximum Gasteiger partial charge on any atom is 0.0581 e. The molecule has 0 aliphatic heterocycles. The van der Waals surface area contributed by atoms with E-state index in [1.165, 1.54) is 22.3 Å². The van der Waals surface area contributed by atoms with Gasteiger partial charge in [-0.2, -0.15) is 0 Å². The lowest BCUT2D eigenvalue weighted by molar-refractivity contribution is 0.616. The second-order valence-corrected chi connectivity index (χ2v) is 4.34. The topological polar surface area (TPSA) is 12.0 Å². The average Bonchev–Trinajstić information content (AvgIpc) is 2.16. The third-order valence-electron chi connectivity index (χ3n) is 2.84. The Bertz CT molecular complexity index is 398. The van der Waals surface area contributed by atoms with Gasteiger partial charge in [-0.15, -0.1) is 5.92 Å². The van der Waals surface area contributed by atoms with E-state index in [-0.39, 0.29) is 0 Å². The summed E-state index contributed by atoms with van der Waals surface area (Å²) in [6.45, 7) is 11.3. The van der Waals surface area contributed by atoms with Gasteiger partial charge in [0.2, 0.25) is 0 Å². The molecule has 0 aromatic heterocycles. The Kier molecular flexibility index (Phi) is 4.58. The highest BCUT2D eigenvalue weighted by molar-refractivity contribution is 5.39. The van der Waals surface area contributed by atoms with Crippen LogP contribution in [0.3, 0.4) is 0 Å². The lowest BCUT2D eigenvalue weighted by Gasteiger charge is -2.18. The molecule has 0 heterocycles. The molecule has 1 heteroatoms. The standard InChI is InChI=1S/C15H21N/c1-6-7-8-16-14(5)15-12(3)9-11(2)10-13(15)4/h9-10,14,16H,8H2,1-5H3. The smallest absolute Gasteiger partial charge is 0.0581 e. The van der Waals surface area contributed by atoms with Crippen LogP contribution in [0.2, 0.25) is 0 Å². The van der Waals surface area contributed by atoms with E-state index in [0.29, 0.717) is 6.04 Å². The van der Waals surface area contributed by atoms with E-state index >= 15 is 0 Å². The van der Waals surface area contributed by atoms with E-state index < -0.39 is 0 Å². The van der Waals surface area contributed by atoms with Crippen molar-refractivity contribution in [1.82, 2.24) is 5.32 Å². The van der Waals surface area contributed by atoms with Gasteiger partial charge in [0, 0.05) is 6.04 Å². The normalized spacial score (nSPS) is 11.8. The molecule has 86 valence electrons. The summed E-state index contributed by atoms with van der Waals surface area (Å²) in [6.07, 6.45) is 0. The van der Waals surface area contributed by atoms with E-state index in [1.807, 2.05) is 6.92 Å². The molecule has 1 aromatic rings. The van der Waals surface area contributed by atoms with Crippen LogP contribution in [0.4, 0.5) is 0 Å². The zero-order valence-electron chi connectivity index (χ0n) is 10.9. The summed E-state index contributed by atoms with van der Waals surface area (Å²) in [4.78, 5) is 0. The molecule has 0 aliphatic rings. The molecular formula is C15H21N. The quantitative estimate of drug-likeness (QED) is 0.763. The Labute approximate surface area is 99.3 Å². The van der Waals surface area contributed by atoms with Crippen LogP contribution in [-0.4, -0.2) is 6.54 Å². The van der Waals surface area contributed by atoms with E-state index in [0.717, 1.165) is 6.54 Å². The summed E-state index contributed by atoms with van der Waals surface area (Å²) >= 11 is 0. The van der Waals surface area contributed by atoms with Crippen molar-refractivity contribution in [3.63, 3.8) is 0 Å². The zero-order chi connectivity index (χ0) is 12.1. The zero-order valence-corrected chi connectivity index (χ0v) is 10.9. The van der Waals surface area contributed by atoms with Crippen molar-refractivity contribution in [3.8, 4) is 11.8 Å². The van der Waals surface area contributed by atoms with Crippen molar-refractivity contribution >= 4 is 0 Å². The first-order chi connectivity index (χ1) is 7.56. The molecule has 0 saturated heterocycles. The van der Waals surface area contributed by atoms with Crippen LogP contribution >= 0.6 is 0 Å². The molecule has 1 nitrogen and oxygen atoms in total. The van der Waals surface area contributed by atoms with Crippen molar-refractivity contribution in [1.29, 1.82) is 0 Å². The Morgan fingerprint density at radius 2 is 1.75 bits per heavy atom. The Morgan fingerprint density at radius 1 is 1.19 bits per heavy atom. The molecule has 1 unspecified atom stereocenters. The molecule has 0 fully saturated rings. The van der Waals surface area contributed by atoms with E-state index in [1.54, 1.807) is 0 Å². The van der Waals surface area contributed by atoms with Crippen LogP contribution in [-0.2, 0) is 0 Å². The SMILES string of the molecule is CC#CCNC(C)c1c(C)cc(C)cc1C. The Hall–Kier alpha value is -1.26. The number of rotatable bonds is 3. The van der Waals surface area contributed by atoms with Crippen LogP contribution in [0, 0.1) is 32.6 Å². The minimum Gasteiger partial charge on any atom is -0.300 e. The maximum atomic E-state index is 3.43. The maximum absolute atomic E-state index is 3.43. The largest absolute Gasteiger partial charge is 0.300 e. The van der Waals surface area contributed by atoms with E-state index in [4.69, 9.17) is 0 Å². The fourth-order valence-corrected chi connectivity index (χ4v) is 2.27. The van der Waals surface area contributed by atoms with Crippen molar-refractivity contribution in [2.45, 2.75) is 40.7 Å². The number of benzene rings is 1. The van der Waals surface area contributed by atoms with Crippen molar-refractivity contribution < 1.29 is 0 Å². The van der Waals surface area contributed by atoms with Crippen LogP contribution < -0.4 is 5.32 Å². The summed E-state index contributed by atoms with van der Waals surface area (Å²) < 4.78 is 0. The molecule has 0 radical (unpaired) electrons. The molecule has 0 amide bonds. The number of aryl methyl sites for hydroxylation is 3. The van der Waals surface area contributed by atoms with Gasteiger partial charge in [-0.3, -0.25) is 5.32 Å². The minimum atomic E-state index is 0.362. The number of hydrogen-bond donors (Lipinski definition) is 1. The third-order valence-corrected chi connectivity index (χ3v) is 2.84. The molecule has 1 aromatic carbocycles. The summed E-state index contributed by atoms with van der Waals surface area (Å²) in [5.41, 5.74) is 5.46. The van der Waals surface area contributed by atoms with Gasteiger partial charge < -0.3 is 0 Å². The number of nitrogens with one attached hydrogen (secondary N) is 1. The molecule has 0 aliphatic carbocycles. The molecule has 1 N–H and O–H groups in total. The first kappa shape index (κ1) is 12.8. The van der Waals surface area contributed by atoms with Crippen molar-refractivity contribution in [2.24, 2.45) is 0 Å². The highest BCUT2D eigenvalue weighted by Crippen LogP contribution is 2.22. The van der Waals surface area contributed by atoms with Gasteiger partial charge in [0.1, 0.15) is 0 Å². The lowest BCUT2D eigenvalue weighted by Crippen LogP contribution is -2.20. The molecular weight excluding hydrogens is 194 g/mol. The van der Waals surface area contributed by atoms with Crippen LogP contribution in [0.15, 0.2) is 12.1 Å². The highest BCUT2D eigenvalue weighted by Gasteiger charge is 2.10. The van der Waals surface area contributed by atoms with Crippen LogP contribution in [0.5, 0.6) is 0 Å². The number of hydrogen-bond acceptors (Lipinski definition) is 1. The lowest BCUT2D eigenvalue weighted by atomic mass is 9.95. The third kappa shape index (κ3) is 3.12. The van der Waals surface area contributed by atoms with E-state index in [2.05, 4.69) is 57.0 Å². The van der Waals surface area contributed by atoms with Gasteiger partial charge in [0.25, 0.3) is 0 Å². The second kappa shape index (κ2) is 5.72. The molecule has 0 saturated carbocycles. The van der Waals surface area contributed by atoms with Crippen LogP contribution in [0.1, 0.15) is 42.1 Å². The first-order valence-corrected chi connectivity index (χ1v) is 5.77. The Morgan fingerprint density at radius 3 is 2.25 bits per heavy atom. The Balaban J connectivity index is 2.89. The highest BCUT2D eigenvalue weighted by atomic mass is 14.9. The first-order valence-electron chi connectivity index (χ1n) is 5.77. The van der Waals surface area contributed by atoms with E-state index in [9.17, 15) is 0 Å². The summed E-state index contributed by atoms with van der Waals surface area (Å²) in [5.74, 6) is 5.94. The summed E-state index contributed by atoms with van der Waals surface area (Å²) in [5, 5.41) is 3.43. The molecule has 0 bridgehead atoms. The van der Waals surface area contributed by atoms with Crippen LogP contribution in [0.25, 0.3) is 0 Å². The van der Waals surface area contributed by atoms with Gasteiger partial charge >= 0.3 is 0 Å². The fourth-order valence-electron chi connectivity index (χ4n) is 2.27. The van der Waals surface area contributed by atoms with Gasteiger partial charge in [0.15, 0.2) is 0 Å². The minimum absolute atomic E-state index is 0.362. The van der Waals surface area contributed by atoms with Crippen molar-refractivity contribution in [3.05, 3.63) is 34.4 Å². The molecule has 16 heavy (non-hydrogen) atoms. The molecule has 1 rings (SSSR count). The summed E-state index contributed by atoms with van der Waals surface area (Å²) in [6, 6.07) is 4.85. The average molecular weight is 215 g/mol. The molecule has 1 atom stereocenters. The predicted molar refractivity (Wildman–Crippen MR) is 70.5 cm³/mol. The second-order valence-electron chi connectivity index (χ2n) is 4.34. The fraction of sp³-hybridized carbons (Fsp3) is 0.467. The van der Waals surface area contributed by atoms with Gasteiger partial charge in [0.05, 0.1) is 6.54 Å². The van der Waals surface area contributed by atoms with Crippen molar-refractivity contribution in [2.75, 3.05) is 6.54 Å². The van der Waals surface area contributed by atoms with Gasteiger partial charge in [-0.25, -0.2) is 0 Å². The molecule has 0 spiro atoms. The van der Waals surface area contributed by atoms with Gasteiger partial charge in [-0.1, -0.05) is 23.6 Å². The van der Waals surface area contributed by atoms with Gasteiger partial charge in [-0.05, 0) is 51.3 Å².